The lowest BCUT2D eigenvalue weighted by Gasteiger charge is -2.41. The van der Waals surface area contributed by atoms with E-state index in [1.807, 2.05) is 16.9 Å². The normalized spacial score (nSPS) is 29.4. The third-order valence-corrected chi connectivity index (χ3v) is 3.62. The lowest BCUT2D eigenvalue weighted by Crippen LogP contribution is -2.59. The summed E-state index contributed by atoms with van der Waals surface area (Å²) in [6.45, 7) is 2.02. The van der Waals surface area contributed by atoms with Gasteiger partial charge in [-0.15, -0.1) is 0 Å². The van der Waals surface area contributed by atoms with Crippen LogP contribution in [-0.2, 0) is 0 Å². The minimum absolute atomic E-state index is 0.387. The van der Waals surface area contributed by atoms with E-state index < -0.39 is 5.66 Å². The molecule has 2 aliphatic rings. The molecule has 1 fully saturated rings. The van der Waals surface area contributed by atoms with Gasteiger partial charge in [0, 0.05) is 18.3 Å². The van der Waals surface area contributed by atoms with E-state index in [0.717, 1.165) is 31.8 Å². The minimum atomic E-state index is -0.570. The van der Waals surface area contributed by atoms with Crippen LogP contribution in [0.15, 0.2) is 18.5 Å². The molecule has 0 aliphatic carbocycles. The molecule has 17 heavy (non-hydrogen) atoms. The molecule has 6 heteroatoms. The smallest absolute Gasteiger partial charge is 0.174 e. The Labute approximate surface area is 100 Å². The van der Waals surface area contributed by atoms with Crippen LogP contribution < -0.4 is 22.2 Å². The molecule has 6 nitrogen and oxygen atoms in total. The van der Waals surface area contributed by atoms with E-state index in [4.69, 9.17) is 11.5 Å². The maximum atomic E-state index is 6.45. The van der Waals surface area contributed by atoms with Crippen molar-refractivity contribution in [2.45, 2.75) is 18.5 Å². The van der Waals surface area contributed by atoms with E-state index in [2.05, 4.69) is 15.7 Å². The van der Waals surface area contributed by atoms with Crippen molar-refractivity contribution in [1.29, 1.82) is 0 Å². The van der Waals surface area contributed by atoms with E-state index in [-0.39, 0.29) is 0 Å². The van der Waals surface area contributed by atoms with Crippen molar-refractivity contribution >= 4 is 5.70 Å². The Kier molecular flexibility index (Phi) is 2.34. The summed E-state index contributed by atoms with van der Waals surface area (Å²) in [6, 6.07) is 0. The molecule has 1 saturated heterocycles. The van der Waals surface area contributed by atoms with Crippen LogP contribution in [0.2, 0.25) is 0 Å². The summed E-state index contributed by atoms with van der Waals surface area (Å²) in [5, 5.41) is 3.34. The zero-order valence-corrected chi connectivity index (χ0v) is 9.69. The highest BCUT2D eigenvalue weighted by Gasteiger charge is 2.37. The first-order valence-electron chi connectivity index (χ1n) is 5.99. The van der Waals surface area contributed by atoms with Crippen LogP contribution in [-0.4, -0.2) is 28.4 Å². The molecule has 1 aromatic heterocycles. The molecule has 0 saturated carbocycles. The van der Waals surface area contributed by atoms with Crippen LogP contribution in [0.25, 0.3) is 5.70 Å². The standard InChI is InChI=1S/C11H18N6/c12-9-7-11(13,8-1-3-14-4-2-8)16-17-6-5-15-10(9)17/h5-8,14,16H,1-4,12-13H2. The Balaban J connectivity index is 1.91. The van der Waals surface area contributed by atoms with Gasteiger partial charge in [-0.3, -0.25) is 0 Å². The van der Waals surface area contributed by atoms with Gasteiger partial charge in [0.05, 0.1) is 5.70 Å². The Hall–Kier alpha value is -1.53. The molecule has 0 radical (unpaired) electrons. The monoisotopic (exact) mass is 234 g/mol. The van der Waals surface area contributed by atoms with Crippen LogP contribution in [0.5, 0.6) is 0 Å². The molecule has 1 unspecified atom stereocenters. The van der Waals surface area contributed by atoms with Crippen LogP contribution in [0.4, 0.5) is 0 Å². The van der Waals surface area contributed by atoms with E-state index >= 15 is 0 Å². The molecule has 0 aromatic carbocycles. The van der Waals surface area contributed by atoms with Crippen LogP contribution >= 0.6 is 0 Å². The highest BCUT2D eigenvalue weighted by molar-refractivity contribution is 5.61. The molecule has 3 rings (SSSR count). The van der Waals surface area contributed by atoms with Crippen LogP contribution in [0.3, 0.4) is 0 Å². The average Bonchev–Trinajstić information content (AvgIpc) is 2.78. The molecule has 0 amide bonds. The first-order chi connectivity index (χ1) is 8.19. The number of aromatic nitrogens is 2. The van der Waals surface area contributed by atoms with Gasteiger partial charge in [-0.25, -0.2) is 9.66 Å². The van der Waals surface area contributed by atoms with Crippen molar-refractivity contribution in [3.05, 3.63) is 24.3 Å². The van der Waals surface area contributed by atoms with E-state index in [9.17, 15) is 0 Å². The first-order valence-corrected chi connectivity index (χ1v) is 5.99. The van der Waals surface area contributed by atoms with Crippen molar-refractivity contribution < 1.29 is 0 Å². The van der Waals surface area contributed by atoms with Gasteiger partial charge >= 0.3 is 0 Å². The van der Waals surface area contributed by atoms with Crippen molar-refractivity contribution in [2.75, 3.05) is 18.5 Å². The quantitative estimate of drug-likeness (QED) is 0.520. The van der Waals surface area contributed by atoms with Gasteiger partial charge in [-0.2, -0.15) is 0 Å². The molecule has 92 valence electrons. The summed E-state index contributed by atoms with van der Waals surface area (Å²) in [5.41, 5.74) is 15.8. The molecule has 2 aliphatic heterocycles. The zero-order valence-electron chi connectivity index (χ0n) is 9.69. The van der Waals surface area contributed by atoms with Gasteiger partial charge in [-0.05, 0) is 32.0 Å². The van der Waals surface area contributed by atoms with E-state index in [1.54, 1.807) is 6.20 Å². The summed E-state index contributed by atoms with van der Waals surface area (Å²) in [7, 11) is 0. The molecule has 3 heterocycles. The predicted octanol–water partition coefficient (Wildman–Crippen LogP) is -0.606. The Bertz CT molecular complexity index is 445. The molecule has 0 spiro atoms. The number of rotatable bonds is 1. The molecule has 0 bridgehead atoms. The number of nitrogens with zero attached hydrogens (tertiary/aromatic N) is 2. The fourth-order valence-electron chi connectivity index (χ4n) is 2.68. The fraction of sp³-hybridized carbons (Fsp3) is 0.545. The molecule has 6 N–H and O–H groups in total. The molecular formula is C11H18N6. The van der Waals surface area contributed by atoms with Gasteiger partial charge in [0.1, 0.15) is 5.66 Å². The fourth-order valence-corrected chi connectivity index (χ4v) is 2.68. The van der Waals surface area contributed by atoms with Gasteiger partial charge in [0.15, 0.2) is 5.82 Å². The first kappa shape index (κ1) is 10.6. The molecule has 1 aromatic rings. The third-order valence-electron chi connectivity index (χ3n) is 3.62. The number of hydrogen-bond donors (Lipinski definition) is 4. The third kappa shape index (κ3) is 1.69. The van der Waals surface area contributed by atoms with Crippen molar-refractivity contribution in [2.24, 2.45) is 17.4 Å². The summed E-state index contributed by atoms with van der Waals surface area (Å²) in [4.78, 5) is 4.19. The lowest BCUT2D eigenvalue weighted by atomic mass is 9.84. The van der Waals surface area contributed by atoms with Crippen LogP contribution in [0, 0.1) is 5.92 Å². The second-order valence-corrected chi connectivity index (χ2v) is 4.79. The van der Waals surface area contributed by atoms with Gasteiger partial charge < -0.3 is 22.2 Å². The second kappa shape index (κ2) is 3.75. The van der Waals surface area contributed by atoms with E-state index in [0.29, 0.717) is 11.6 Å². The number of imidazole rings is 1. The van der Waals surface area contributed by atoms with Gasteiger partial charge in [-0.1, -0.05) is 0 Å². The summed E-state index contributed by atoms with van der Waals surface area (Å²) >= 11 is 0. The van der Waals surface area contributed by atoms with Crippen molar-refractivity contribution in [1.82, 2.24) is 15.0 Å². The topological polar surface area (TPSA) is 93.9 Å². The summed E-state index contributed by atoms with van der Waals surface area (Å²) in [6.07, 6.45) is 7.58. The Morgan fingerprint density at radius 3 is 2.94 bits per heavy atom. The Morgan fingerprint density at radius 2 is 2.18 bits per heavy atom. The number of piperidine rings is 1. The maximum Gasteiger partial charge on any atom is 0.174 e. The van der Waals surface area contributed by atoms with Gasteiger partial charge in [0.2, 0.25) is 0 Å². The second-order valence-electron chi connectivity index (χ2n) is 4.79. The molecular weight excluding hydrogens is 216 g/mol. The number of hydrogen-bond acceptors (Lipinski definition) is 5. The largest absolute Gasteiger partial charge is 0.396 e. The van der Waals surface area contributed by atoms with Gasteiger partial charge in [0.25, 0.3) is 0 Å². The number of nitrogens with one attached hydrogen (secondary N) is 2. The molecule has 1 atom stereocenters. The van der Waals surface area contributed by atoms with Crippen molar-refractivity contribution in [3.8, 4) is 0 Å². The Morgan fingerprint density at radius 1 is 1.41 bits per heavy atom. The zero-order chi connectivity index (χ0) is 11.9. The lowest BCUT2D eigenvalue weighted by molar-refractivity contribution is 0.265. The highest BCUT2D eigenvalue weighted by atomic mass is 15.5. The predicted molar refractivity (Wildman–Crippen MR) is 66.3 cm³/mol. The maximum absolute atomic E-state index is 6.45. The highest BCUT2D eigenvalue weighted by Crippen LogP contribution is 2.28. The average molecular weight is 234 g/mol. The minimum Gasteiger partial charge on any atom is -0.396 e. The van der Waals surface area contributed by atoms with E-state index in [1.165, 1.54) is 0 Å². The number of fused-ring (bicyclic) bond motifs is 1. The summed E-state index contributed by atoms with van der Waals surface area (Å²) in [5.74, 6) is 1.12. The SMILES string of the molecule is NC1=CC(N)(C2CCNCC2)Nn2ccnc21. The van der Waals surface area contributed by atoms with Crippen LogP contribution in [0.1, 0.15) is 18.7 Å². The number of nitrogens with two attached hydrogens (primary N) is 2. The van der Waals surface area contributed by atoms with Crippen molar-refractivity contribution in [3.63, 3.8) is 0 Å². The summed E-state index contributed by atoms with van der Waals surface area (Å²) < 4.78 is 1.82.